The molecule has 0 bridgehead atoms. The molecule has 0 atom stereocenters. The van der Waals surface area contributed by atoms with Gasteiger partial charge in [0.25, 0.3) is 0 Å². The maximum absolute atomic E-state index is 12.9. The van der Waals surface area contributed by atoms with Gasteiger partial charge in [0.05, 0.1) is 13.1 Å². The first-order valence-corrected chi connectivity index (χ1v) is 11.4. The zero-order valence-corrected chi connectivity index (χ0v) is 17.8. The zero-order valence-electron chi connectivity index (χ0n) is 17.8. The van der Waals surface area contributed by atoms with Crippen molar-refractivity contribution in [3.63, 3.8) is 0 Å². The minimum Gasteiger partial charge on any atom is -0.464 e. The number of hydrogen-bond acceptors (Lipinski definition) is 4. The molecule has 29 heavy (non-hydrogen) atoms. The van der Waals surface area contributed by atoms with Gasteiger partial charge in [-0.15, -0.1) is 0 Å². The first-order chi connectivity index (χ1) is 14.1. The van der Waals surface area contributed by atoms with E-state index >= 15 is 0 Å². The highest BCUT2D eigenvalue weighted by Crippen LogP contribution is 2.30. The van der Waals surface area contributed by atoms with Crippen molar-refractivity contribution in [1.29, 1.82) is 0 Å². The van der Waals surface area contributed by atoms with E-state index in [1.165, 1.54) is 25.7 Å². The van der Waals surface area contributed by atoms with Gasteiger partial charge in [0, 0.05) is 38.6 Å². The van der Waals surface area contributed by atoms with Gasteiger partial charge in [0.2, 0.25) is 11.8 Å². The van der Waals surface area contributed by atoms with Crippen LogP contribution in [0.1, 0.15) is 62.9 Å². The molecule has 1 aliphatic heterocycles. The van der Waals surface area contributed by atoms with Gasteiger partial charge in [0.1, 0.15) is 11.5 Å². The molecule has 1 aromatic rings. The van der Waals surface area contributed by atoms with Crippen molar-refractivity contribution in [3.8, 4) is 0 Å². The highest BCUT2D eigenvalue weighted by atomic mass is 16.3. The monoisotopic (exact) mass is 401 g/mol. The zero-order chi connectivity index (χ0) is 20.2. The Balaban J connectivity index is 1.21. The van der Waals surface area contributed by atoms with Crippen LogP contribution in [-0.4, -0.2) is 65.3 Å². The molecule has 3 aliphatic rings. The molecule has 6 heteroatoms. The van der Waals surface area contributed by atoms with Gasteiger partial charge in [-0.25, -0.2) is 0 Å². The Bertz CT molecular complexity index is 698. The van der Waals surface area contributed by atoms with E-state index in [1.807, 2.05) is 28.9 Å². The molecular formula is C23H35N3O3. The van der Waals surface area contributed by atoms with Crippen LogP contribution in [0.5, 0.6) is 0 Å². The summed E-state index contributed by atoms with van der Waals surface area (Å²) >= 11 is 0. The van der Waals surface area contributed by atoms with Gasteiger partial charge in [-0.2, -0.15) is 0 Å². The van der Waals surface area contributed by atoms with Crippen LogP contribution in [0.15, 0.2) is 16.5 Å². The lowest BCUT2D eigenvalue weighted by Crippen LogP contribution is -2.51. The number of carbonyl (C=O) groups excluding carboxylic acids is 2. The third-order valence-corrected chi connectivity index (χ3v) is 6.76. The Morgan fingerprint density at radius 1 is 1.07 bits per heavy atom. The molecule has 160 valence electrons. The fourth-order valence-electron chi connectivity index (χ4n) is 4.77. The Hall–Kier alpha value is -1.82. The molecule has 1 aromatic heterocycles. The Kier molecular flexibility index (Phi) is 6.58. The maximum Gasteiger partial charge on any atom is 0.237 e. The molecule has 2 saturated carbocycles. The fraction of sp³-hybridized carbons (Fsp3) is 0.739. The number of rotatable bonds is 8. The smallest absolute Gasteiger partial charge is 0.237 e. The van der Waals surface area contributed by atoms with E-state index in [-0.39, 0.29) is 5.91 Å². The molecular weight excluding hydrogens is 366 g/mol. The van der Waals surface area contributed by atoms with E-state index in [1.54, 1.807) is 0 Å². The van der Waals surface area contributed by atoms with E-state index in [0.29, 0.717) is 31.5 Å². The summed E-state index contributed by atoms with van der Waals surface area (Å²) in [4.78, 5) is 31.6. The predicted octanol–water partition coefficient (Wildman–Crippen LogP) is 3.19. The number of hydrogen-bond donors (Lipinski definition) is 0. The van der Waals surface area contributed by atoms with Crippen LogP contribution in [0.3, 0.4) is 0 Å². The van der Waals surface area contributed by atoms with Crippen LogP contribution in [0.25, 0.3) is 0 Å². The van der Waals surface area contributed by atoms with Crippen LogP contribution >= 0.6 is 0 Å². The van der Waals surface area contributed by atoms with Crippen molar-refractivity contribution in [2.75, 3.05) is 32.7 Å². The number of nitrogens with zero attached hydrogens (tertiary/aromatic N) is 3. The van der Waals surface area contributed by atoms with Crippen molar-refractivity contribution in [3.05, 3.63) is 23.7 Å². The van der Waals surface area contributed by atoms with E-state index in [9.17, 15) is 9.59 Å². The first-order valence-electron chi connectivity index (χ1n) is 11.4. The molecule has 0 aromatic carbocycles. The molecule has 0 N–H and O–H groups in total. The lowest BCUT2D eigenvalue weighted by atomic mass is 10.0. The summed E-state index contributed by atoms with van der Waals surface area (Å²) in [6.45, 7) is 6.02. The Morgan fingerprint density at radius 2 is 1.79 bits per heavy atom. The minimum atomic E-state index is 0.183. The summed E-state index contributed by atoms with van der Waals surface area (Å²) in [6, 6.07) is 4.29. The van der Waals surface area contributed by atoms with Crippen LogP contribution in [0, 0.1) is 12.8 Å². The fourth-order valence-corrected chi connectivity index (χ4v) is 4.77. The molecule has 2 heterocycles. The first kappa shape index (κ1) is 20.5. The molecule has 4 rings (SSSR count). The van der Waals surface area contributed by atoms with Crippen LogP contribution in [0.2, 0.25) is 0 Å². The minimum absolute atomic E-state index is 0.183. The molecule has 0 radical (unpaired) electrons. The number of aryl methyl sites for hydroxylation is 1. The number of furan rings is 1. The number of carbonyl (C=O) groups is 2. The van der Waals surface area contributed by atoms with Gasteiger partial charge < -0.3 is 14.2 Å². The normalized spacial score (nSPS) is 20.9. The number of amides is 2. The van der Waals surface area contributed by atoms with Gasteiger partial charge in [0.15, 0.2) is 0 Å². The van der Waals surface area contributed by atoms with Crippen molar-refractivity contribution in [2.45, 2.75) is 70.9 Å². The van der Waals surface area contributed by atoms with Gasteiger partial charge >= 0.3 is 0 Å². The average Bonchev–Trinajstić information content (AvgIpc) is 3.25. The van der Waals surface area contributed by atoms with Gasteiger partial charge in [-0.3, -0.25) is 14.5 Å². The molecule has 2 amide bonds. The average molecular weight is 402 g/mol. The lowest BCUT2D eigenvalue weighted by molar-refractivity contribution is -0.136. The Morgan fingerprint density at radius 3 is 2.41 bits per heavy atom. The second-order valence-electron chi connectivity index (χ2n) is 9.11. The Labute approximate surface area is 174 Å². The SMILES string of the molecule is Cc1ccc(CN(C(=O)CN2CCN(C(=O)CCC3CCCC3)CC2)C2CC2)o1. The summed E-state index contributed by atoms with van der Waals surface area (Å²) < 4.78 is 5.68. The molecule has 2 aliphatic carbocycles. The quantitative estimate of drug-likeness (QED) is 0.671. The summed E-state index contributed by atoms with van der Waals surface area (Å²) in [5, 5.41) is 0. The van der Waals surface area contributed by atoms with E-state index in [4.69, 9.17) is 4.42 Å². The number of piperazine rings is 1. The van der Waals surface area contributed by atoms with Crippen LogP contribution in [-0.2, 0) is 16.1 Å². The highest BCUT2D eigenvalue weighted by molar-refractivity contribution is 5.79. The molecule has 3 fully saturated rings. The standard InChI is InChI=1S/C23H35N3O3/c1-18-6-10-21(29-18)16-26(20-8-9-20)23(28)17-24-12-14-25(15-13-24)22(27)11-7-19-4-2-3-5-19/h6,10,19-20H,2-5,7-9,11-17H2,1H3. The van der Waals surface area contributed by atoms with Gasteiger partial charge in [-0.1, -0.05) is 25.7 Å². The van der Waals surface area contributed by atoms with Crippen LogP contribution < -0.4 is 0 Å². The second kappa shape index (κ2) is 9.33. The molecule has 0 spiro atoms. The maximum atomic E-state index is 12.9. The third kappa shape index (κ3) is 5.62. The lowest BCUT2D eigenvalue weighted by Gasteiger charge is -2.35. The summed E-state index contributed by atoms with van der Waals surface area (Å²) in [5.41, 5.74) is 0. The topological polar surface area (TPSA) is 57.0 Å². The van der Waals surface area contributed by atoms with Gasteiger partial charge in [-0.05, 0) is 44.2 Å². The summed E-state index contributed by atoms with van der Waals surface area (Å²) in [5.74, 6) is 3.00. The largest absolute Gasteiger partial charge is 0.464 e. The summed E-state index contributed by atoms with van der Waals surface area (Å²) in [6.07, 6.45) is 9.22. The van der Waals surface area contributed by atoms with Crippen molar-refractivity contribution >= 4 is 11.8 Å². The molecule has 0 unspecified atom stereocenters. The van der Waals surface area contributed by atoms with Crippen molar-refractivity contribution < 1.29 is 14.0 Å². The van der Waals surface area contributed by atoms with Crippen molar-refractivity contribution in [2.24, 2.45) is 5.92 Å². The van der Waals surface area contributed by atoms with Crippen LogP contribution in [0.4, 0.5) is 0 Å². The third-order valence-electron chi connectivity index (χ3n) is 6.76. The van der Waals surface area contributed by atoms with E-state index < -0.39 is 0 Å². The molecule has 6 nitrogen and oxygen atoms in total. The highest BCUT2D eigenvalue weighted by Gasteiger charge is 2.34. The van der Waals surface area contributed by atoms with Crippen molar-refractivity contribution in [1.82, 2.24) is 14.7 Å². The summed E-state index contributed by atoms with van der Waals surface area (Å²) in [7, 11) is 0. The van der Waals surface area contributed by atoms with E-state index in [2.05, 4.69) is 4.90 Å². The second-order valence-corrected chi connectivity index (χ2v) is 9.11. The molecule has 1 saturated heterocycles. The predicted molar refractivity (Wildman–Crippen MR) is 111 cm³/mol. The van der Waals surface area contributed by atoms with E-state index in [0.717, 1.165) is 62.9 Å².